The molecule has 1 unspecified atom stereocenters. The number of carbonyl (C=O) groups is 1. The molecule has 1 aliphatic heterocycles. The minimum atomic E-state index is 0. The Balaban J connectivity index is 0.00000320. The zero-order chi connectivity index (χ0) is 20.6. The van der Waals surface area contributed by atoms with Crippen molar-refractivity contribution in [3.8, 4) is 11.5 Å². The van der Waals surface area contributed by atoms with Gasteiger partial charge < -0.3 is 25.0 Å². The standard InChI is InChI=1S/C22H34N4O3.HI/c1-4-23-22(25-17-10-12-21(27)26(2)15-17)24-14-16-9-11-19(28-3)13-20(16)29-18-7-5-6-8-18;/h9,11,13,17-18H,4-8,10,12,14-15H2,1-3H3,(H2,23,24,25);1H. The topological polar surface area (TPSA) is 75.2 Å². The molecule has 1 saturated heterocycles. The van der Waals surface area contributed by atoms with Crippen molar-refractivity contribution in [3.63, 3.8) is 0 Å². The van der Waals surface area contributed by atoms with E-state index in [1.54, 1.807) is 12.0 Å². The third-order valence-electron chi connectivity index (χ3n) is 5.59. The number of guanidine groups is 1. The first kappa shape index (κ1) is 24.6. The number of methoxy groups -OCH3 is 1. The molecule has 8 heteroatoms. The molecule has 3 rings (SSSR count). The van der Waals surface area contributed by atoms with Crippen LogP contribution < -0.4 is 20.1 Å². The second-order valence-corrected chi connectivity index (χ2v) is 7.85. The third kappa shape index (κ3) is 6.92. The number of likely N-dealkylation sites (N-methyl/N-ethyl adjacent to an activating group) is 1. The number of likely N-dealkylation sites (tertiary alicyclic amines) is 1. The van der Waals surface area contributed by atoms with E-state index in [2.05, 4.69) is 17.6 Å². The molecule has 0 aromatic heterocycles. The van der Waals surface area contributed by atoms with Crippen molar-refractivity contribution in [1.29, 1.82) is 0 Å². The fourth-order valence-corrected chi connectivity index (χ4v) is 3.90. The smallest absolute Gasteiger partial charge is 0.222 e. The van der Waals surface area contributed by atoms with E-state index in [1.807, 2.05) is 25.2 Å². The first-order valence-corrected chi connectivity index (χ1v) is 10.7. The number of carbonyl (C=O) groups excluding carboxylic acids is 1. The Hall–Kier alpha value is -1.71. The molecule has 1 heterocycles. The van der Waals surface area contributed by atoms with Crippen LogP contribution in [0.3, 0.4) is 0 Å². The second kappa shape index (κ2) is 12.2. The number of piperidine rings is 1. The van der Waals surface area contributed by atoms with Crippen LogP contribution in [0.4, 0.5) is 0 Å². The van der Waals surface area contributed by atoms with Gasteiger partial charge in [0.1, 0.15) is 11.5 Å². The minimum Gasteiger partial charge on any atom is -0.497 e. The van der Waals surface area contributed by atoms with Gasteiger partial charge in [-0.1, -0.05) is 0 Å². The van der Waals surface area contributed by atoms with Crippen LogP contribution in [0.15, 0.2) is 23.2 Å². The molecule has 30 heavy (non-hydrogen) atoms. The van der Waals surface area contributed by atoms with Gasteiger partial charge in [-0.25, -0.2) is 4.99 Å². The summed E-state index contributed by atoms with van der Waals surface area (Å²) in [6.45, 7) is 4.04. The summed E-state index contributed by atoms with van der Waals surface area (Å²) < 4.78 is 11.7. The van der Waals surface area contributed by atoms with E-state index >= 15 is 0 Å². The number of nitrogens with zero attached hydrogens (tertiary/aromatic N) is 2. The summed E-state index contributed by atoms with van der Waals surface area (Å²) in [5.74, 6) is 2.63. The van der Waals surface area contributed by atoms with Gasteiger partial charge in [-0.05, 0) is 51.2 Å². The average molecular weight is 530 g/mol. The van der Waals surface area contributed by atoms with Gasteiger partial charge >= 0.3 is 0 Å². The SMILES string of the molecule is CCNC(=NCc1ccc(OC)cc1OC1CCCC1)NC1CCC(=O)N(C)C1.I. The summed E-state index contributed by atoms with van der Waals surface area (Å²) in [6.07, 6.45) is 6.36. The number of hydrogen-bond acceptors (Lipinski definition) is 4. The quantitative estimate of drug-likeness (QED) is 0.322. The van der Waals surface area contributed by atoms with E-state index in [0.29, 0.717) is 19.5 Å². The van der Waals surface area contributed by atoms with Crippen molar-refractivity contribution < 1.29 is 14.3 Å². The van der Waals surface area contributed by atoms with Crippen LogP contribution in [0.5, 0.6) is 11.5 Å². The van der Waals surface area contributed by atoms with Crippen molar-refractivity contribution >= 4 is 35.8 Å². The largest absolute Gasteiger partial charge is 0.497 e. The molecule has 1 aliphatic carbocycles. The first-order chi connectivity index (χ1) is 14.1. The minimum absolute atomic E-state index is 0. The summed E-state index contributed by atoms with van der Waals surface area (Å²) in [7, 11) is 3.52. The predicted molar refractivity (Wildman–Crippen MR) is 130 cm³/mol. The fraction of sp³-hybridized carbons (Fsp3) is 0.636. The van der Waals surface area contributed by atoms with Crippen LogP contribution in [0, 0.1) is 0 Å². The number of nitrogens with one attached hydrogen (secondary N) is 2. The van der Waals surface area contributed by atoms with Gasteiger partial charge in [-0.15, -0.1) is 24.0 Å². The van der Waals surface area contributed by atoms with Crippen LogP contribution in [0.25, 0.3) is 0 Å². The lowest BCUT2D eigenvalue weighted by Crippen LogP contribution is -2.51. The Bertz CT molecular complexity index is 722. The van der Waals surface area contributed by atoms with Crippen LogP contribution in [0.1, 0.15) is 51.0 Å². The van der Waals surface area contributed by atoms with E-state index in [9.17, 15) is 4.79 Å². The Morgan fingerprint density at radius 3 is 2.70 bits per heavy atom. The summed E-state index contributed by atoms with van der Waals surface area (Å²) >= 11 is 0. The van der Waals surface area contributed by atoms with Gasteiger partial charge in [0.15, 0.2) is 5.96 Å². The predicted octanol–water partition coefficient (Wildman–Crippen LogP) is 3.31. The van der Waals surface area contributed by atoms with Gasteiger partial charge in [0, 0.05) is 44.2 Å². The Kier molecular flexibility index (Phi) is 10.0. The van der Waals surface area contributed by atoms with Gasteiger partial charge in [0.25, 0.3) is 0 Å². The Morgan fingerprint density at radius 2 is 2.03 bits per heavy atom. The molecule has 7 nitrogen and oxygen atoms in total. The van der Waals surface area contributed by atoms with E-state index in [1.165, 1.54) is 12.8 Å². The molecule has 1 atom stereocenters. The van der Waals surface area contributed by atoms with E-state index in [4.69, 9.17) is 14.5 Å². The van der Waals surface area contributed by atoms with Crippen molar-refractivity contribution in [2.24, 2.45) is 4.99 Å². The van der Waals surface area contributed by atoms with Crippen molar-refractivity contribution in [1.82, 2.24) is 15.5 Å². The number of aliphatic imine (C=N–C) groups is 1. The molecule has 1 aromatic rings. The number of benzene rings is 1. The van der Waals surface area contributed by atoms with Gasteiger partial charge in [-0.2, -0.15) is 0 Å². The second-order valence-electron chi connectivity index (χ2n) is 7.85. The molecule has 2 N–H and O–H groups in total. The lowest BCUT2D eigenvalue weighted by Gasteiger charge is -2.31. The monoisotopic (exact) mass is 530 g/mol. The summed E-state index contributed by atoms with van der Waals surface area (Å²) in [5.41, 5.74) is 1.05. The van der Waals surface area contributed by atoms with E-state index in [-0.39, 0.29) is 42.0 Å². The van der Waals surface area contributed by atoms with Crippen molar-refractivity contribution in [2.75, 3.05) is 27.2 Å². The normalized spacial score (nSPS) is 20.0. The zero-order valence-electron chi connectivity index (χ0n) is 18.3. The van der Waals surface area contributed by atoms with Gasteiger partial charge in [0.05, 0.1) is 19.8 Å². The Morgan fingerprint density at radius 1 is 1.27 bits per heavy atom. The number of rotatable bonds is 7. The zero-order valence-corrected chi connectivity index (χ0v) is 20.6. The molecule has 0 bridgehead atoms. The van der Waals surface area contributed by atoms with E-state index < -0.39 is 0 Å². The maximum absolute atomic E-state index is 11.7. The maximum Gasteiger partial charge on any atom is 0.222 e. The summed E-state index contributed by atoms with van der Waals surface area (Å²) in [4.78, 5) is 18.3. The number of hydrogen-bond donors (Lipinski definition) is 2. The lowest BCUT2D eigenvalue weighted by molar-refractivity contribution is -0.132. The molecule has 1 aromatic carbocycles. The lowest BCUT2D eigenvalue weighted by atomic mass is 10.1. The van der Waals surface area contributed by atoms with Crippen LogP contribution in [-0.4, -0.2) is 56.2 Å². The maximum atomic E-state index is 11.7. The van der Waals surface area contributed by atoms with Crippen molar-refractivity contribution in [2.45, 2.75) is 64.1 Å². The van der Waals surface area contributed by atoms with Crippen molar-refractivity contribution in [3.05, 3.63) is 23.8 Å². The Labute approximate surface area is 197 Å². The number of amides is 1. The van der Waals surface area contributed by atoms with Crippen LogP contribution in [-0.2, 0) is 11.3 Å². The number of halogens is 1. The molecule has 2 aliphatic rings. The molecule has 0 radical (unpaired) electrons. The molecule has 1 amide bonds. The highest BCUT2D eigenvalue weighted by molar-refractivity contribution is 14.0. The molecular formula is C22H35IN4O3. The van der Waals surface area contributed by atoms with Gasteiger partial charge in [-0.3, -0.25) is 4.79 Å². The average Bonchev–Trinajstić information content (AvgIpc) is 3.23. The molecule has 168 valence electrons. The first-order valence-electron chi connectivity index (χ1n) is 10.7. The van der Waals surface area contributed by atoms with Gasteiger partial charge in [0.2, 0.25) is 5.91 Å². The summed E-state index contributed by atoms with van der Waals surface area (Å²) in [5, 5.41) is 6.78. The number of ether oxygens (including phenoxy) is 2. The summed E-state index contributed by atoms with van der Waals surface area (Å²) in [6, 6.07) is 6.16. The molecular weight excluding hydrogens is 495 g/mol. The van der Waals surface area contributed by atoms with Crippen LogP contribution in [0.2, 0.25) is 0 Å². The van der Waals surface area contributed by atoms with E-state index in [0.717, 1.165) is 48.8 Å². The molecule has 0 spiro atoms. The highest BCUT2D eigenvalue weighted by Crippen LogP contribution is 2.30. The van der Waals surface area contributed by atoms with Crippen LogP contribution >= 0.6 is 24.0 Å². The molecule has 2 fully saturated rings. The fourth-order valence-electron chi connectivity index (χ4n) is 3.90. The highest BCUT2D eigenvalue weighted by Gasteiger charge is 2.23. The third-order valence-corrected chi connectivity index (χ3v) is 5.59. The highest BCUT2D eigenvalue weighted by atomic mass is 127. The molecule has 1 saturated carbocycles.